The largest absolute Gasteiger partial charge is 0.344 e. The maximum absolute atomic E-state index is 14.2. The lowest BCUT2D eigenvalue weighted by molar-refractivity contribution is -0.140. The minimum Gasteiger partial charge on any atom is -0.344 e. The third kappa shape index (κ3) is 5.85. The van der Waals surface area contributed by atoms with Crippen molar-refractivity contribution in [1.82, 2.24) is 29.7 Å². The van der Waals surface area contributed by atoms with Gasteiger partial charge in [0.05, 0.1) is 22.9 Å². The summed E-state index contributed by atoms with van der Waals surface area (Å²) in [6, 6.07) is 8.92. The molecular formula is C32H42N6O3. The van der Waals surface area contributed by atoms with Gasteiger partial charge in [-0.15, -0.1) is 0 Å². The lowest BCUT2D eigenvalue weighted by Crippen LogP contribution is -2.53. The Morgan fingerprint density at radius 1 is 1.05 bits per heavy atom. The number of carbonyl (C=O) groups excluding carboxylic acids is 3. The first-order chi connectivity index (χ1) is 19.8. The first kappa shape index (κ1) is 28.8. The normalized spacial score (nSPS) is 19.2. The fourth-order valence-electron chi connectivity index (χ4n) is 6.31. The number of rotatable bonds is 7. The van der Waals surface area contributed by atoms with Crippen LogP contribution in [0.4, 0.5) is 4.79 Å². The second-order valence-corrected chi connectivity index (χ2v) is 11.8. The summed E-state index contributed by atoms with van der Waals surface area (Å²) in [7, 11) is 3.47. The van der Waals surface area contributed by atoms with Crippen LogP contribution in [-0.2, 0) is 9.59 Å². The Labute approximate surface area is 242 Å². The molecule has 1 saturated carbocycles. The molecule has 3 amide bonds. The number of nitrogens with zero attached hydrogens (tertiary/aromatic N) is 5. The predicted octanol–water partition coefficient (Wildman–Crippen LogP) is 5.40. The van der Waals surface area contributed by atoms with E-state index in [0.717, 1.165) is 67.1 Å². The number of nitrogens with one attached hydrogen (secondary N) is 1. The lowest BCUT2D eigenvalue weighted by atomic mass is 9.83. The molecule has 1 N–H and O–H groups in total. The van der Waals surface area contributed by atoms with Gasteiger partial charge in [-0.2, -0.15) is 0 Å². The van der Waals surface area contributed by atoms with E-state index in [9.17, 15) is 14.4 Å². The molecule has 0 radical (unpaired) electrons. The van der Waals surface area contributed by atoms with Gasteiger partial charge in [0.1, 0.15) is 12.4 Å². The number of hydrogen-bond donors (Lipinski definition) is 1. The van der Waals surface area contributed by atoms with Gasteiger partial charge in [-0.1, -0.05) is 51.3 Å². The van der Waals surface area contributed by atoms with Crippen LogP contribution >= 0.6 is 0 Å². The molecule has 3 heterocycles. The summed E-state index contributed by atoms with van der Waals surface area (Å²) in [5.41, 5.74) is 3.15. The molecule has 1 aliphatic carbocycles. The quantitative estimate of drug-likeness (QED) is 0.418. The van der Waals surface area contributed by atoms with Crippen LogP contribution in [0.5, 0.6) is 0 Å². The van der Waals surface area contributed by atoms with Crippen molar-refractivity contribution in [3.63, 3.8) is 0 Å². The van der Waals surface area contributed by atoms with Gasteiger partial charge in [-0.3, -0.25) is 14.2 Å². The summed E-state index contributed by atoms with van der Waals surface area (Å²) in [6.45, 7) is 4.56. The van der Waals surface area contributed by atoms with Gasteiger partial charge in [-0.25, -0.2) is 14.8 Å². The van der Waals surface area contributed by atoms with Crippen molar-refractivity contribution in [3.8, 4) is 11.3 Å². The molecule has 9 nitrogen and oxygen atoms in total. The highest BCUT2D eigenvalue weighted by Crippen LogP contribution is 2.36. The van der Waals surface area contributed by atoms with E-state index in [2.05, 4.69) is 15.3 Å². The zero-order valence-electron chi connectivity index (χ0n) is 24.7. The fraction of sp³-hybridized carbons (Fsp3) is 0.531. The van der Waals surface area contributed by atoms with E-state index in [1.807, 2.05) is 55.3 Å². The molecule has 2 aromatic heterocycles. The Kier molecular flexibility index (Phi) is 8.71. The topological polar surface area (TPSA) is 100 Å². The maximum Gasteiger partial charge on any atom is 0.328 e. The Balaban J connectivity index is 1.46. The molecule has 2 fully saturated rings. The molecule has 218 valence electrons. The van der Waals surface area contributed by atoms with Gasteiger partial charge in [0, 0.05) is 43.7 Å². The van der Waals surface area contributed by atoms with E-state index >= 15 is 0 Å². The number of hydrogen-bond acceptors (Lipinski definition) is 5. The minimum absolute atomic E-state index is 0.00407. The Morgan fingerprint density at radius 2 is 1.80 bits per heavy atom. The summed E-state index contributed by atoms with van der Waals surface area (Å²) in [6.07, 6.45) is 11.1. The molecule has 0 bridgehead atoms. The summed E-state index contributed by atoms with van der Waals surface area (Å²) in [5, 5.41) is 4.09. The monoisotopic (exact) mass is 558 g/mol. The Hall–Kier alpha value is -3.75. The van der Waals surface area contributed by atoms with Crippen molar-refractivity contribution in [1.29, 1.82) is 0 Å². The molecule has 0 spiro atoms. The van der Waals surface area contributed by atoms with Gasteiger partial charge in [0.2, 0.25) is 11.8 Å². The highest BCUT2D eigenvalue weighted by Gasteiger charge is 2.39. The van der Waals surface area contributed by atoms with E-state index in [-0.39, 0.29) is 35.7 Å². The summed E-state index contributed by atoms with van der Waals surface area (Å²) in [5.74, 6) is -0.00873. The van der Waals surface area contributed by atoms with Crippen molar-refractivity contribution in [3.05, 3.63) is 48.5 Å². The van der Waals surface area contributed by atoms with Crippen molar-refractivity contribution >= 4 is 28.7 Å². The van der Waals surface area contributed by atoms with Crippen LogP contribution in [0.3, 0.4) is 0 Å². The fourth-order valence-corrected chi connectivity index (χ4v) is 6.31. The number of fused-ring (bicyclic) bond motifs is 1. The highest BCUT2D eigenvalue weighted by molar-refractivity contribution is 6.00. The van der Waals surface area contributed by atoms with Crippen LogP contribution < -0.4 is 5.32 Å². The molecular weight excluding hydrogens is 516 g/mol. The molecule has 1 aromatic carbocycles. The minimum atomic E-state index is -0.506. The standard InChI is InChI=1S/C32H42N6O3/c1-5-21(2)30(39)35-29(22-12-7-6-8-13-22)31(40)37-17-11-16-28(37)26-18-25(33-20-34-26)24-19-38(32(41)36(3)4)27-15-10-9-14-23(24)27/h9-10,14-15,18-22,28-29H,5-8,11-13,16-17H2,1-4H3,(H,35,39). The predicted molar refractivity (Wildman–Crippen MR) is 159 cm³/mol. The summed E-state index contributed by atoms with van der Waals surface area (Å²) >= 11 is 0. The maximum atomic E-state index is 14.2. The van der Waals surface area contributed by atoms with Gasteiger partial charge in [-0.05, 0) is 50.2 Å². The van der Waals surface area contributed by atoms with Crippen molar-refractivity contribution in [2.75, 3.05) is 20.6 Å². The van der Waals surface area contributed by atoms with Gasteiger partial charge in [0.15, 0.2) is 0 Å². The average molecular weight is 559 g/mol. The van der Waals surface area contributed by atoms with Crippen LogP contribution in [-0.4, -0.2) is 68.9 Å². The molecule has 5 rings (SSSR count). The van der Waals surface area contributed by atoms with Crippen LogP contribution in [0, 0.1) is 11.8 Å². The zero-order chi connectivity index (χ0) is 29.1. The number of para-hydroxylation sites is 1. The SMILES string of the molecule is CCC(C)C(=O)NC(C(=O)N1CCCC1c1cc(-c2cn(C(=O)N(C)C)c3ccccc23)ncn1)C1CCCCC1. The number of carbonyl (C=O) groups is 3. The molecule has 9 heteroatoms. The Bertz CT molecular complexity index is 1410. The van der Waals surface area contributed by atoms with E-state index in [1.165, 1.54) is 6.42 Å². The molecule has 3 unspecified atom stereocenters. The van der Waals surface area contributed by atoms with Crippen molar-refractivity contribution in [2.24, 2.45) is 11.8 Å². The highest BCUT2D eigenvalue weighted by atomic mass is 16.2. The lowest BCUT2D eigenvalue weighted by Gasteiger charge is -2.35. The van der Waals surface area contributed by atoms with E-state index in [4.69, 9.17) is 0 Å². The van der Waals surface area contributed by atoms with Gasteiger partial charge in [0.25, 0.3) is 0 Å². The van der Waals surface area contributed by atoms with E-state index < -0.39 is 6.04 Å². The van der Waals surface area contributed by atoms with Gasteiger partial charge < -0.3 is 15.1 Å². The third-order valence-corrected chi connectivity index (χ3v) is 8.89. The molecule has 1 saturated heterocycles. The first-order valence-electron chi connectivity index (χ1n) is 15.0. The number of likely N-dealkylation sites (tertiary alicyclic amines) is 1. The van der Waals surface area contributed by atoms with Crippen LogP contribution in [0.2, 0.25) is 0 Å². The second-order valence-electron chi connectivity index (χ2n) is 11.8. The summed E-state index contributed by atoms with van der Waals surface area (Å²) in [4.78, 5) is 52.7. The first-order valence-corrected chi connectivity index (χ1v) is 15.0. The van der Waals surface area contributed by atoms with Crippen LogP contribution in [0.1, 0.15) is 76.9 Å². The molecule has 1 aliphatic heterocycles. The van der Waals surface area contributed by atoms with Crippen molar-refractivity contribution in [2.45, 2.75) is 77.3 Å². The average Bonchev–Trinajstić information content (AvgIpc) is 3.65. The number of amides is 3. The zero-order valence-corrected chi connectivity index (χ0v) is 24.7. The number of aromatic nitrogens is 3. The van der Waals surface area contributed by atoms with Crippen LogP contribution in [0.15, 0.2) is 42.9 Å². The summed E-state index contributed by atoms with van der Waals surface area (Å²) < 4.78 is 1.65. The van der Waals surface area contributed by atoms with Gasteiger partial charge >= 0.3 is 6.03 Å². The molecule has 2 aliphatic rings. The Morgan fingerprint density at radius 3 is 2.54 bits per heavy atom. The van der Waals surface area contributed by atoms with Crippen molar-refractivity contribution < 1.29 is 14.4 Å². The number of benzene rings is 1. The molecule has 3 atom stereocenters. The van der Waals surface area contributed by atoms with Crippen LogP contribution in [0.25, 0.3) is 22.2 Å². The molecule has 41 heavy (non-hydrogen) atoms. The second kappa shape index (κ2) is 12.4. The van der Waals surface area contributed by atoms with E-state index in [0.29, 0.717) is 12.2 Å². The molecule has 3 aromatic rings. The third-order valence-electron chi connectivity index (χ3n) is 8.89. The smallest absolute Gasteiger partial charge is 0.328 e. The van der Waals surface area contributed by atoms with E-state index in [1.54, 1.807) is 29.9 Å².